The molecule has 1 fully saturated rings. The number of rotatable bonds is 5. The van der Waals surface area contributed by atoms with Gasteiger partial charge in [-0.3, -0.25) is 4.79 Å². The maximum absolute atomic E-state index is 13.5. The molecule has 7 heteroatoms. The summed E-state index contributed by atoms with van der Waals surface area (Å²) in [5.41, 5.74) is -0.766. The van der Waals surface area contributed by atoms with E-state index < -0.39 is 44.8 Å². The largest absolute Gasteiger partial charge is 0.481 e. The molecule has 2 N–H and O–H groups in total. The van der Waals surface area contributed by atoms with Gasteiger partial charge in [0.15, 0.2) is 9.84 Å². The van der Waals surface area contributed by atoms with Crippen LogP contribution in [0.1, 0.15) is 17.0 Å². The number of sulfone groups is 1. The summed E-state index contributed by atoms with van der Waals surface area (Å²) in [6.45, 7) is 0.956. The van der Waals surface area contributed by atoms with Crippen molar-refractivity contribution in [2.75, 3.05) is 6.61 Å². The second-order valence-electron chi connectivity index (χ2n) is 6.31. The van der Waals surface area contributed by atoms with Gasteiger partial charge in [0, 0.05) is 5.92 Å². The number of hydrogen-bond donors (Lipinski definition) is 2. The van der Waals surface area contributed by atoms with Crippen molar-refractivity contribution < 1.29 is 27.8 Å². The highest BCUT2D eigenvalue weighted by molar-refractivity contribution is 7.92. The Labute approximate surface area is 144 Å². The van der Waals surface area contributed by atoms with Crippen molar-refractivity contribution in [1.29, 1.82) is 0 Å². The van der Waals surface area contributed by atoms with Crippen LogP contribution in [0.25, 0.3) is 0 Å². The smallest absolute Gasteiger partial charge is 0.314 e. The van der Waals surface area contributed by atoms with Crippen LogP contribution >= 0.6 is 0 Å². The van der Waals surface area contributed by atoms with Gasteiger partial charge in [-0.15, -0.1) is 0 Å². The van der Waals surface area contributed by atoms with Crippen molar-refractivity contribution in [1.82, 2.24) is 0 Å². The monoisotopic (exact) mass is 364 g/mol. The standard InChI is InChI=1S/C18H17FO5S/c1-11-5-7-14(8-6-11)25(23,24)16-15(18(16,10-20)17(21)22)12-3-2-4-13(19)9-12/h2-9,15-16,20H,10H2,1H3,(H,21,22)/t15-,16-,18-/m1/s1. The number of carbonyl (C=O) groups is 1. The first kappa shape index (κ1) is 17.6. The van der Waals surface area contributed by atoms with Gasteiger partial charge in [0.25, 0.3) is 0 Å². The maximum atomic E-state index is 13.5. The number of aliphatic hydroxyl groups is 1. The first-order valence-electron chi connectivity index (χ1n) is 7.65. The zero-order chi connectivity index (χ0) is 18.4. The van der Waals surface area contributed by atoms with E-state index in [-0.39, 0.29) is 10.5 Å². The Hall–Kier alpha value is -2.25. The average Bonchev–Trinajstić information content (AvgIpc) is 3.27. The van der Waals surface area contributed by atoms with E-state index in [0.717, 1.165) is 11.6 Å². The molecule has 0 spiro atoms. The average molecular weight is 364 g/mol. The Kier molecular flexibility index (Phi) is 4.17. The second-order valence-corrected chi connectivity index (χ2v) is 8.38. The van der Waals surface area contributed by atoms with E-state index in [1.807, 2.05) is 0 Å². The molecule has 0 radical (unpaired) electrons. The summed E-state index contributed by atoms with van der Waals surface area (Å²) in [6, 6.07) is 11.2. The van der Waals surface area contributed by atoms with E-state index in [1.54, 1.807) is 19.1 Å². The number of benzene rings is 2. The molecule has 0 unspecified atom stereocenters. The molecule has 2 aromatic carbocycles. The lowest BCUT2D eigenvalue weighted by Gasteiger charge is -2.09. The number of aryl methyl sites for hydroxylation is 1. The molecule has 1 aliphatic rings. The summed E-state index contributed by atoms with van der Waals surface area (Å²) in [5, 5.41) is 18.0. The normalized spacial score (nSPS) is 25.6. The fourth-order valence-corrected chi connectivity index (χ4v) is 5.78. The zero-order valence-electron chi connectivity index (χ0n) is 13.4. The fourth-order valence-electron chi connectivity index (χ4n) is 3.42. The summed E-state index contributed by atoms with van der Waals surface area (Å²) in [7, 11) is -4.02. The minimum Gasteiger partial charge on any atom is -0.481 e. The molecule has 1 saturated carbocycles. The molecule has 0 saturated heterocycles. The number of aliphatic hydroxyl groups excluding tert-OH is 1. The molecule has 1 aliphatic carbocycles. The third-order valence-electron chi connectivity index (χ3n) is 4.81. The van der Waals surface area contributed by atoms with Gasteiger partial charge in [0.2, 0.25) is 0 Å². The van der Waals surface area contributed by atoms with Crippen LogP contribution in [0.4, 0.5) is 4.39 Å². The van der Waals surface area contributed by atoms with E-state index >= 15 is 0 Å². The second kappa shape index (κ2) is 5.93. The number of hydrogen-bond acceptors (Lipinski definition) is 4. The van der Waals surface area contributed by atoms with E-state index in [4.69, 9.17) is 0 Å². The Morgan fingerprint density at radius 2 is 1.84 bits per heavy atom. The van der Waals surface area contributed by atoms with Gasteiger partial charge in [0.05, 0.1) is 16.8 Å². The van der Waals surface area contributed by atoms with Crippen molar-refractivity contribution in [3.8, 4) is 0 Å². The SMILES string of the molecule is Cc1ccc(S(=O)(=O)[C@@H]2[C@@H](c3cccc(F)c3)[C@@]2(CO)C(=O)O)cc1. The van der Waals surface area contributed by atoms with Crippen molar-refractivity contribution in [3.05, 3.63) is 65.5 Å². The van der Waals surface area contributed by atoms with Crippen LogP contribution in [0.3, 0.4) is 0 Å². The third kappa shape index (κ3) is 2.63. The van der Waals surface area contributed by atoms with Crippen LogP contribution in [-0.2, 0) is 14.6 Å². The van der Waals surface area contributed by atoms with Crippen LogP contribution in [0.15, 0.2) is 53.4 Å². The molecule has 0 bridgehead atoms. The molecular formula is C18H17FO5S. The Morgan fingerprint density at radius 3 is 2.36 bits per heavy atom. The quantitative estimate of drug-likeness (QED) is 0.848. The molecule has 25 heavy (non-hydrogen) atoms. The minimum atomic E-state index is -4.02. The molecule has 2 aromatic rings. The van der Waals surface area contributed by atoms with E-state index in [1.165, 1.54) is 30.3 Å². The van der Waals surface area contributed by atoms with Crippen LogP contribution in [0, 0.1) is 18.2 Å². The first-order valence-corrected chi connectivity index (χ1v) is 9.20. The number of carboxylic acids is 1. The highest BCUT2D eigenvalue weighted by atomic mass is 32.2. The predicted molar refractivity (Wildman–Crippen MR) is 88.4 cm³/mol. The lowest BCUT2D eigenvalue weighted by Crippen LogP contribution is -2.27. The fraction of sp³-hybridized carbons (Fsp3) is 0.278. The molecule has 0 aliphatic heterocycles. The minimum absolute atomic E-state index is 0.0129. The maximum Gasteiger partial charge on any atom is 0.314 e. The van der Waals surface area contributed by atoms with Gasteiger partial charge < -0.3 is 10.2 Å². The topological polar surface area (TPSA) is 91.7 Å². The van der Waals surface area contributed by atoms with Gasteiger partial charge in [-0.2, -0.15) is 0 Å². The summed E-state index contributed by atoms with van der Waals surface area (Å²) < 4.78 is 39.5. The van der Waals surface area contributed by atoms with Crippen molar-refractivity contribution in [3.63, 3.8) is 0 Å². The Morgan fingerprint density at radius 1 is 1.20 bits per heavy atom. The van der Waals surface area contributed by atoms with Gasteiger partial charge in [0.1, 0.15) is 11.2 Å². The molecular weight excluding hydrogens is 347 g/mol. The zero-order valence-corrected chi connectivity index (χ0v) is 14.2. The van der Waals surface area contributed by atoms with Gasteiger partial charge >= 0.3 is 5.97 Å². The van der Waals surface area contributed by atoms with Crippen LogP contribution in [0.2, 0.25) is 0 Å². The lowest BCUT2D eigenvalue weighted by molar-refractivity contribution is -0.145. The van der Waals surface area contributed by atoms with E-state index in [2.05, 4.69) is 0 Å². The molecule has 0 heterocycles. The van der Waals surface area contributed by atoms with E-state index in [0.29, 0.717) is 0 Å². The molecule has 0 amide bonds. The number of halogens is 1. The Bertz CT molecular complexity index is 923. The third-order valence-corrected chi connectivity index (χ3v) is 7.10. The molecule has 5 nitrogen and oxygen atoms in total. The summed E-state index contributed by atoms with van der Waals surface area (Å²) >= 11 is 0. The van der Waals surface area contributed by atoms with Crippen molar-refractivity contribution >= 4 is 15.8 Å². The van der Waals surface area contributed by atoms with Crippen molar-refractivity contribution in [2.45, 2.75) is 23.0 Å². The highest BCUT2D eigenvalue weighted by Crippen LogP contribution is 2.64. The van der Waals surface area contributed by atoms with Gasteiger partial charge in [-0.25, -0.2) is 12.8 Å². The predicted octanol–water partition coefficient (Wildman–Crippen LogP) is 2.14. The number of carboxylic acid groups (broad SMARTS) is 1. The summed E-state index contributed by atoms with van der Waals surface area (Å²) in [4.78, 5) is 11.8. The molecule has 132 valence electrons. The van der Waals surface area contributed by atoms with Crippen molar-refractivity contribution in [2.24, 2.45) is 5.41 Å². The molecule has 0 aromatic heterocycles. The summed E-state index contributed by atoms with van der Waals surface area (Å²) in [5.74, 6) is -3.02. The van der Waals surface area contributed by atoms with Crippen LogP contribution in [0.5, 0.6) is 0 Å². The van der Waals surface area contributed by atoms with Gasteiger partial charge in [-0.1, -0.05) is 29.8 Å². The molecule has 3 atom stereocenters. The van der Waals surface area contributed by atoms with E-state index in [9.17, 15) is 27.8 Å². The Balaban J connectivity index is 2.12. The first-order chi connectivity index (χ1) is 11.7. The van der Waals surface area contributed by atoms with Gasteiger partial charge in [-0.05, 0) is 36.8 Å². The van der Waals surface area contributed by atoms with Crippen LogP contribution < -0.4 is 0 Å². The number of aliphatic carboxylic acids is 1. The highest BCUT2D eigenvalue weighted by Gasteiger charge is 2.75. The summed E-state index contributed by atoms with van der Waals surface area (Å²) in [6.07, 6.45) is 0. The lowest BCUT2D eigenvalue weighted by atomic mass is 10.00. The van der Waals surface area contributed by atoms with Crippen LogP contribution in [-0.4, -0.2) is 36.5 Å². The molecule has 3 rings (SSSR count).